The first-order chi connectivity index (χ1) is 12.6. The van der Waals surface area contributed by atoms with Crippen LogP contribution in [-0.2, 0) is 0 Å². The van der Waals surface area contributed by atoms with Crippen molar-refractivity contribution in [1.29, 1.82) is 0 Å². The summed E-state index contributed by atoms with van der Waals surface area (Å²) in [6, 6.07) is 17.1. The molecule has 2 fully saturated rings. The highest BCUT2D eigenvalue weighted by molar-refractivity contribution is 5.71. The summed E-state index contributed by atoms with van der Waals surface area (Å²) in [6.45, 7) is 2.12. The number of nitrogens with one attached hydrogen (secondary N) is 1. The Morgan fingerprint density at radius 2 is 1.73 bits per heavy atom. The van der Waals surface area contributed by atoms with Crippen LogP contribution in [0.4, 0.5) is 0 Å². The van der Waals surface area contributed by atoms with Gasteiger partial charge in [0.2, 0.25) is 0 Å². The third kappa shape index (κ3) is 3.79. The summed E-state index contributed by atoms with van der Waals surface area (Å²) in [4.78, 5) is 0. The summed E-state index contributed by atoms with van der Waals surface area (Å²) < 4.78 is 5.54. The van der Waals surface area contributed by atoms with Gasteiger partial charge in [0.25, 0.3) is 0 Å². The van der Waals surface area contributed by atoms with Crippen molar-refractivity contribution in [3.63, 3.8) is 0 Å². The molecule has 2 saturated carbocycles. The third-order valence-electron chi connectivity index (χ3n) is 6.02. The first-order valence-corrected chi connectivity index (χ1v) is 9.90. The Balaban J connectivity index is 1.41. The average Bonchev–Trinajstić information content (AvgIpc) is 3.43. The van der Waals surface area contributed by atoms with Crippen molar-refractivity contribution in [2.45, 2.75) is 63.1 Å². The summed E-state index contributed by atoms with van der Waals surface area (Å²) in [6.07, 6.45) is 6.06. The number of nitrogens with two attached hydrogens (primary N) is 1. The zero-order valence-corrected chi connectivity index (χ0v) is 15.9. The first-order valence-electron chi connectivity index (χ1n) is 9.90. The second kappa shape index (κ2) is 7.42. The number of ether oxygens (including phenoxy) is 1. The van der Waals surface area contributed by atoms with Crippen LogP contribution in [0, 0.1) is 6.92 Å². The zero-order valence-electron chi connectivity index (χ0n) is 15.9. The van der Waals surface area contributed by atoms with E-state index < -0.39 is 0 Å². The second-order valence-corrected chi connectivity index (χ2v) is 8.05. The van der Waals surface area contributed by atoms with E-state index in [1.54, 1.807) is 7.11 Å². The maximum atomic E-state index is 6.02. The molecule has 2 aromatic carbocycles. The maximum Gasteiger partial charge on any atom is 0.126 e. The first kappa shape index (κ1) is 17.6. The monoisotopic (exact) mass is 350 g/mol. The van der Waals surface area contributed by atoms with E-state index in [0.717, 1.165) is 5.75 Å². The van der Waals surface area contributed by atoms with Gasteiger partial charge in [-0.25, -0.2) is 0 Å². The quantitative estimate of drug-likeness (QED) is 0.841. The number of hydrogen-bond acceptors (Lipinski definition) is 3. The van der Waals surface area contributed by atoms with Gasteiger partial charge in [-0.15, -0.1) is 0 Å². The molecule has 0 saturated heterocycles. The standard InChI is InChI=1S/C23H30N2O/c1-15-3-12-23(26-2)21(13-15)17-6-4-16(5-7-17)20-14-22(20)25-19-10-8-18(24)9-11-19/h3-7,12-13,18-20,22,25H,8-11,14,24H2,1-2H3/t18?,19?,20-,22+/m1/s1. The van der Waals surface area contributed by atoms with Gasteiger partial charge in [-0.1, -0.05) is 35.9 Å². The largest absolute Gasteiger partial charge is 0.496 e. The molecule has 0 unspecified atom stereocenters. The predicted octanol–water partition coefficient (Wildman–Crippen LogP) is 4.39. The number of hydrogen-bond donors (Lipinski definition) is 2. The van der Waals surface area contributed by atoms with Gasteiger partial charge in [0.1, 0.15) is 5.75 Å². The lowest BCUT2D eigenvalue weighted by atomic mass is 9.91. The summed E-state index contributed by atoms with van der Waals surface area (Å²) >= 11 is 0. The molecule has 26 heavy (non-hydrogen) atoms. The fourth-order valence-corrected chi connectivity index (χ4v) is 4.29. The highest BCUT2D eigenvalue weighted by Crippen LogP contribution is 2.42. The van der Waals surface area contributed by atoms with Crippen LogP contribution < -0.4 is 15.8 Å². The van der Waals surface area contributed by atoms with Gasteiger partial charge in [0.15, 0.2) is 0 Å². The Morgan fingerprint density at radius 1 is 1.00 bits per heavy atom. The van der Waals surface area contributed by atoms with E-state index >= 15 is 0 Å². The lowest BCUT2D eigenvalue weighted by Crippen LogP contribution is -2.38. The predicted molar refractivity (Wildman–Crippen MR) is 108 cm³/mol. The Morgan fingerprint density at radius 3 is 2.42 bits per heavy atom. The Hall–Kier alpha value is -1.84. The average molecular weight is 351 g/mol. The maximum absolute atomic E-state index is 6.02. The van der Waals surface area contributed by atoms with Crippen LogP contribution in [0.5, 0.6) is 5.75 Å². The molecule has 4 rings (SSSR count). The minimum Gasteiger partial charge on any atom is -0.496 e. The van der Waals surface area contributed by atoms with E-state index in [4.69, 9.17) is 10.5 Å². The van der Waals surface area contributed by atoms with Crippen LogP contribution in [0.2, 0.25) is 0 Å². The summed E-state index contributed by atoms with van der Waals surface area (Å²) in [5.41, 5.74) is 11.1. The molecule has 3 heteroatoms. The second-order valence-electron chi connectivity index (χ2n) is 8.05. The molecular formula is C23H30N2O. The van der Waals surface area contributed by atoms with Crippen LogP contribution in [0.25, 0.3) is 11.1 Å². The topological polar surface area (TPSA) is 47.3 Å². The van der Waals surface area contributed by atoms with Crippen LogP contribution in [-0.4, -0.2) is 25.2 Å². The van der Waals surface area contributed by atoms with E-state index in [1.165, 1.54) is 54.4 Å². The summed E-state index contributed by atoms with van der Waals surface area (Å²) in [7, 11) is 1.74. The Kier molecular flexibility index (Phi) is 5.01. The molecule has 2 aromatic rings. The molecule has 0 aliphatic heterocycles. The molecule has 138 valence electrons. The Labute approximate surface area is 156 Å². The molecule has 3 N–H and O–H groups in total. The van der Waals surface area contributed by atoms with Crippen LogP contribution in [0.3, 0.4) is 0 Å². The number of rotatable bonds is 5. The van der Waals surface area contributed by atoms with Crippen molar-refractivity contribution in [2.24, 2.45) is 5.73 Å². The molecule has 2 atom stereocenters. The van der Waals surface area contributed by atoms with Crippen LogP contribution in [0.1, 0.15) is 49.1 Å². The third-order valence-corrected chi connectivity index (χ3v) is 6.02. The van der Waals surface area contributed by atoms with E-state index in [0.29, 0.717) is 24.0 Å². The molecular weight excluding hydrogens is 320 g/mol. The summed E-state index contributed by atoms with van der Waals surface area (Å²) in [5.74, 6) is 1.60. The highest BCUT2D eigenvalue weighted by Gasteiger charge is 2.39. The molecule has 0 aromatic heterocycles. The van der Waals surface area contributed by atoms with Crippen molar-refractivity contribution in [3.8, 4) is 16.9 Å². The van der Waals surface area contributed by atoms with E-state index in [9.17, 15) is 0 Å². The Bertz CT molecular complexity index is 747. The lowest BCUT2D eigenvalue weighted by Gasteiger charge is -2.27. The zero-order chi connectivity index (χ0) is 18.1. The molecule has 0 radical (unpaired) electrons. The van der Waals surface area contributed by atoms with Crippen LogP contribution >= 0.6 is 0 Å². The van der Waals surface area contributed by atoms with Gasteiger partial charge < -0.3 is 15.8 Å². The SMILES string of the molecule is COc1ccc(C)cc1-c1ccc([C@H]2C[C@@H]2NC2CCC(N)CC2)cc1. The molecule has 2 aliphatic rings. The van der Waals surface area contributed by atoms with Gasteiger partial charge in [0.05, 0.1) is 7.11 Å². The van der Waals surface area contributed by atoms with Gasteiger partial charge in [-0.3, -0.25) is 0 Å². The highest BCUT2D eigenvalue weighted by atomic mass is 16.5. The normalized spacial score (nSPS) is 28.0. The van der Waals surface area contributed by atoms with Gasteiger partial charge in [0, 0.05) is 29.6 Å². The van der Waals surface area contributed by atoms with E-state index in [-0.39, 0.29) is 0 Å². The van der Waals surface area contributed by atoms with Crippen LogP contribution in [0.15, 0.2) is 42.5 Å². The van der Waals surface area contributed by atoms with Crippen molar-refractivity contribution in [1.82, 2.24) is 5.32 Å². The molecule has 0 bridgehead atoms. The number of aryl methyl sites for hydroxylation is 1. The van der Waals surface area contributed by atoms with Crippen molar-refractivity contribution in [2.75, 3.05) is 7.11 Å². The van der Waals surface area contributed by atoms with Gasteiger partial charge in [-0.05, 0) is 62.3 Å². The molecule has 0 spiro atoms. The fourth-order valence-electron chi connectivity index (χ4n) is 4.29. The molecule has 3 nitrogen and oxygen atoms in total. The smallest absolute Gasteiger partial charge is 0.126 e. The van der Waals surface area contributed by atoms with Gasteiger partial charge in [-0.2, -0.15) is 0 Å². The minimum absolute atomic E-state index is 0.425. The molecule has 0 amide bonds. The number of methoxy groups -OCH3 is 1. The number of benzene rings is 2. The lowest BCUT2D eigenvalue weighted by molar-refractivity contribution is 0.339. The van der Waals surface area contributed by atoms with Crippen molar-refractivity contribution < 1.29 is 4.74 Å². The fraction of sp³-hybridized carbons (Fsp3) is 0.478. The van der Waals surface area contributed by atoms with E-state index in [1.807, 2.05) is 0 Å². The minimum atomic E-state index is 0.425. The van der Waals surface area contributed by atoms with Crippen molar-refractivity contribution >= 4 is 0 Å². The molecule has 0 heterocycles. The van der Waals surface area contributed by atoms with Crippen molar-refractivity contribution in [3.05, 3.63) is 53.6 Å². The van der Waals surface area contributed by atoms with Gasteiger partial charge >= 0.3 is 0 Å². The summed E-state index contributed by atoms with van der Waals surface area (Å²) in [5, 5.41) is 3.86. The molecule has 2 aliphatic carbocycles. The van der Waals surface area contributed by atoms with E-state index in [2.05, 4.69) is 54.7 Å².